The molecule has 0 unspecified atom stereocenters. The summed E-state index contributed by atoms with van der Waals surface area (Å²) in [6, 6.07) is 10.1. The Kier molecular flexibility index (Phi) is 4.65. The first kappa shape index (κ1) is 18.0. The van der Waals surface area contributed by atoms with E-state index in [1.807, 2.05) is 24.3 Å². The van der Waals surface area contributed by atoms with Crippen LogP contribution in [-0.4, -0.2) is 31.2 Å². The Morgan fingerprint density at radius 3 is 2.78 bits per heavy atom. The molecule has 0 spiro atoms. The summed E-state index contributed by atoms with van der Waals surface area (Å²) in [6.07, 6.45) is 0.512. The van der Waals surface area contributed by atoms with E-state index in [2.05, 4.69) is 26.2 Å². The monoisotopic (exact) mass is 432 g/mol. The zero-order valence-electron chi connectivity index (χ0n) is 14.8. The van der Waals surface area contributed by atoms with E-state index in [9.17, 15) is 9.18 Å². The number of benzene rings is 2. The van der Waals surface area contributed by atoms with Gasteiger partial charge < -0.3 is 14.5 Å². The Labute approximate surface area is 164 Å². The van der Waals surface area contributed by atoms with Crippen LogP contribution in [0.5, 0.6) is 5.75 Å². The molecule has 2 aromatic carbocycles. The summed E-state index contributed by atoms with van der Waals surface area (Å²) in [4.78, 5) is 15.7. The maximum Gasteiger partial charge on any atom is 0.323 e. The fourth-order valence-electron chi connectivity index (χ4n) is 3.70. The number of aromatic amines is 1. The predicted octanol–water partition coefficient (Wildman–Crippen LogP) is 3.85. The first-order valence-electron chi connectivity index (χ1n) is 8.49. The second-order valence-corrected chi connectivity index (χ2v) is 7.30. The lowest BCUT2D eigenvalue weighted by molar-refractivity contribution is -0.143. The number of carbonyl (C=O) groups is 1. The van der Waals surface area contributed by atoms with Gasteiger partial charge in [0.25, 0.3) is 0 Å². The average Bonchev–Trinajstić information content (AvgIpc) is 3.05. The number of para-hydroxylation sites is 1. The van der Waals surface area contributed by atoms with Gasteiger partial charge in [-0.25, -0.2) is 4.39 Å². The molecule has 0 bridgehead atoms. The van der Waals surface area contributed by atoms with Crippen LogP contribution >= 0.6 is 15.9 Å². The number of ether oxygens (including phenoxy) is 2. The summed E-state index contributed by atoms with van der Waals surface area (Å²) in [5.41, 5.74) is 3.77. The van der Waals surface area contributed by atoms with Crippen LogP contribution in [0.1, 0.15) is 22.9 Å². The molecule has 3 aromatic rings. The molecule has 1 aliphatic heterocycles. The van der Waals surface area contributed by atoms with Gasteiger partial charge in [-0.2, -0.15) is 0 Å². The zero-order valence-corrected chi connectivity index (χ0v) is 16.4. The van der Waals surface area contributed by atoms with Crippen LogP contribution in [0.3, 0.4) is 0 Å². The summed E-state index contributed by atoms with van der Waals surface area (Å²) < 4.78 is 24.8. The van der Waals surface area contributed by atoms with Gasteiger partial charge in [0.2, 0.25) is 0 Å². The summed E-state index contributed by atoms with van der Waals surface area (Å²) in [5, 5.41) is 4.40. The molecule has 0 radical (unpaired) electrons. The van der Waals surface area contributed by atoms with Crippen molar-refractivity contribution in [2.75, 3.05) is 14.2 Å². The van der Waals surface area contributed by atoms with Crippen LogP contribution in [-0.2, 0) is 16.0 Å². The summed E-state index contributed by atoms with van der Waals surface area (Å²) in [5.74, 6) is -0.640. The second kappa shape index (κ2) is 6.98. The third kappa shape index (κ3) is 3.00. The molecule has 1 aliphatic rings. The second-order valence-electron chi connectivity index (χ2n) is 6.45. The van der Waals surface area contributed by atoms with Crippen molar-refractivity contribution in [3.8, 4) is 5.75 Å². The lowest BCUT2D eigenvalue weighted by atomic mass is 9.90. The highest BCUT2D eigenvalue weighted by atomic mass is 79.9. The molecule has 2 heterocycles. The van der Waals surface area contributed by atoms with Crippen molar-refractivity contribution in [1.82, 2.24) is 10.3 Å². The van der Waals surface area contributed by atoms with Gasteiger partial charge in [0.05, 0.1) is 20.3 Å². The van der Waals surface area contributed by atoms with Gasteiger partial charge >= 0.3 is 5.97 Å². The molecule has 0 saturated carbocycles. The van der Waals surface area contributed by atoms with Crippen molar-refractivity contribution < 1.29 is 18.7 Å². The highest BCUT2D eigenvalue weighted by Crippen LogP contribution is 2.39. The van der Waals surface area contributed by atoms with E-state index in [0.29, 0.717) is 10.9 Å². The van der Waals surface area contributed by atoms with Crippen molar-refractivity contribution in [3.05, 3.63) is 63.5 Å². The topological polar surface area (TPSA) is 63.4 Å². The normalized spacial score (nSPS) is 19.0. The number of nitrogens with one attached hydrogen (secondary N) is 2. The number of fused-ring (bicyclic) bond motifs is 3. The lowest BCUT2D eigenvalue weighted by Crippen LogP contribution is -2.45. The minimum atomic E-state index is -0.505. The average molecular weight is 433 g/mol. The number of H-pyrrole nitrogens is 1. The minimum Gasteiger partial charge on any atom is -0.494 e. The van der Waals surface area contributed by atoms with Crippen LogP contribution < -0.4 is 10.1 Å². The van der Waals surface area contributed by atoms with Crippen LogP contribution in [0.25, 0.3) is 10.9 Å². The van der Waals surface area contributed by atoms with E-state index >= 15 is 0 Å². The van der Waals surface area contributed by atoms with Crippen molar-refractivity contribution in [1.29, 1.82) is 0 Å². The van der Waals surface area contributed by atoms with E-state index in [4.69, 9.17) is 9.47 Å². The van der Waals surface area contributed by atoms with Crippen LogP contribution in [0.15, 0.2) is 40.9 Å². The number of hydrogen-bond donors (Lipinski definition) is 2. The van der Waals surface area contributed by atoms with Crippen molar-refractivity contribution in [2.24, 2.45) is 0 Å². The number of carbonyl (C=O) groups excluding carboxylic acids is 1. The smallest absolute Gasteiger partial charge is 0.323 e. The molecular formula is C20H18BrFN2O3. The summed E-state index contributed by atoms with van der Waals surface area (Å²) >= 11 is 3.45. The van der Waals surface area contributed by atoms with Crippen molar-refractivity contribution in [3.63, 3.8) is 0 Å². The molecule has 5 nitrogen and oxygen atoms in total. The molecule has 2 N–H and O–H groups in total. The Balaban J connectivity index is 1.91. The number of rotatable bonds is 3. The lowest BCUT2D eigenvalue weighted by Gasteiger charge is -2.31. The standard InChI is InChI=1S/C20H18BrFN2O3/c1-26-17-8-12(13(21)9-14(17)22)19-18-11(7-16(24-19)20(25)27-2)10-5-3-4-6-15(10)23-18/h3-6,8-9,16,19,23-24H,7H2,1-2H3/t16-,19+/m0/s1. The molecule has 0 fully saturated rings. The quantitative estimate of drug-likeness (QED) is 0.616. The predicted molar refractivity (Wildman–Crippen MR) is 103 cm³/mol. The number of hydrogen-bond acceptors (Lipinski definition) is 4. The number of halogens is 2. The summed E-state index contributed by atoms with van der Waals surface area (Å²) in [7, 11) is 2.80. The maximum atomic E-state index is 14.1. The third-order valence-electron chi connectivity index (χ3n) is 4.98. The van der Waals surface area contributed by atoms with Gasteiger partial charge in [-0.3, -0.25) is 10.1 Å². The highest BCUT2D eigenvalue weighted by molar-refractivity contribution is 9.10. The fraction of sp³-hybridized carbons (Fsp3) is 0.250. The van der Waals surface area contributed by atoms with Crippen LogP contribution in [0.4, 0.5) is 4.39 Å². The number of aromatic nitrogens is 1. The molecule has 0 saturated heterocycles. The Morgan fingerprint density at radius 1 is 1.26 bits per heavy atom. The molecule has 27 heavy (non-hydrogen) atoms. The SMILES string of the molecule is COC(=O)[C@@H]1Cc2c([nH]c3ccccc23)[C@@H](c2cc(OC)c(F)cc2Br)N1. The van der Waals surface area contributed by atoms with Crippen LogP contribution in [0, 0.1) is 5.82 Å². The van der Waals surface area contributed by atoms with Crippen molar-refractivity contribution in [2.45, 2.75) is 18.5 Å². The van der Waals surface area contributed by atoms with E-state index in [1.165, 1.54) is 20.3 Å². The largest absolute Gasteiger partial charge is 0.494 e. The molecule has 0 aliphatic carbocycles. The maximum absolute atomic E-state index is 14.1. The van der Waals surface area contributed by atoms with Gasteiger partial charge in [-0.15, -0.1) is 0 Å². The highest BCUT2D eigenvalue weighted by Gasteiger charge is 2.35. The van der Waals surface area contributed by atoms with Crippen molar-refractivity contribution >= 4 is 32.8 Å². The molecule has 0 amide bonds. The Hall–Kier alpha value is -2.38. The van der Waals surface area contributed by atoms with Gasteiger partial charge in [0.1, 0.15) is 6.04 Å². The first-order chi connectivity index (χ1) is 13.0. The van der Waals surface area contributed by atoms with E-state index < -0.39 is 11.9 Å². The Morgan fingerprint density at radius 2 is 2.04 bits per heavy atom. The fourth-order valence-corrected chi connectivity index (χ4v) is 4.24. The molecule has 7 heteroatoms. The zero-order chi connectivity index (χ0) is 19.1. The molecule has 2 atom stereocenters. The van der Waals surface area contributed by atoms with Gasteiger partial charge in [0.15, 0.2) is 11.6 Å². The van der Waals surface area contributed by atoms with Gasteiger partial charge in [-0.1, -0.05) is 34.1 Å². The van der Waals surface area contributed by atoms with Gasteiger partial charge in [-0.05, 0) is 29.3 Å². The Bertz CT molecular complexity index is 1030. The van der Waals surface area contributed by atoms with Gasteiger partial charge in [0, 0.05) is 27.5 Å². The van der Waals surface area contributed by atoms with E-state index in [1.54, 1.807) is 6.07 Å². The van der Waals surface area contributed by atoms with E-state index in [0.717, 1.165) is 27.7 Å². The minimum absolute atomic E-state index is 0.146. The first-order valence-corrected chi connectivity index (χ1v) is 9.29. The molecule has 140 valence electrons. The third-order valence-corrected chi connectivity index (χ3v) is 5.67. The number of methoxy groups -OCH3 is 2. The molecule has 1 aromatic heterocycles. The van der Waals surface area contributed by atoms with E-state index in [-0.39, 0.29) is 17.8 Å². The molecular weight excluding hydrogens is 415 g/mol. The van der Waals surface area contributed by atoms with Crippen LogP contribution in [0.2, 0.25) is 0 Å². The number of esters is 1. The summed E-state index contributed by atoms with van der Waals surface area (Å²) in [6.45, 7) is 0. The molecule has 4 rings (SSSR count).